The van der Waals surface area contributed by atoms with Crippen LogP contribution in [0.4, 0.5) is 11.6 Å². The van der Waals surface area contributed by atoms with Gasteiger partial charge in [0.25, 0.3) is 0 Å². The maximum Gasteiger partial charge on any atom is 0.145 e. The molecule has 2 rings (SSSR count). The maximum absolute atomic E-state index is 9.78. The topological polar surface area (TPSA) is 70.1 Å². The molecule has 1 heterocycles. The van der Waals surface area contributed by atoms with Crippen LogP contribution in [0.25, 0.3) is 0 Å². The van der Waals surface area contributed by atoms with Gasteiger partial charge in [0.1, 0.15) is 22.4 Å². The van der Waals surface area contributed by atoms with Crippen molar-refractivity contribution >= 4 is 27.6 Å². The number of rotatable bonds is 5. The summed E-state index contributed by atoms with van der Waals surface area (Å²) in [5, 5.41) is 16.2. The van der Waals surface area contributed by atoms with Crippen LogP contribution < -0.4 is 10.6 Å². The van der Waals surface area contributed by atoms with Gasteiger partial charge in [-0.3, -0.25) is 0 Å². The first kappa shape index (κ1) is 13.5. The van der Waals surface area contributed by atoms with Crippen LogP contribution in [-0.4, -0.2) is 34.3 Å². The number of hydrogen-bond acceptors (Lipinski definition) is 5. The highest BCUT2D eigenvalue weighted by Crippen LogP contribution is 2.29. The zero-order valence-corrected chi connectivity index (χ0v) is 12.1. The van der Waals surface area contributed by atoms with Crippen molar-refractivity contribution in [3.63, 3.8) is 0 Å². The van der Waals surface area contributed by atoms with Crippen molar-refractivity contribution in [2.75, 3.05) is 23.7 Å². The van der Waals surface area contributed by atoms with Gasteiger partial charge < -0.3 is 15.7 Å². The van der Waals surface area contributed by atoms with Gasteiger partial charge in [-0.05, 0) is 35.7 Å². The summed E-state index contributed by atoms with van der Waals surface area (Å²) in [7, 11) is 0. The van der Waals surface area contributed by atoms with E-state index in [1.165, 1.54) is 6.33 Å². The predicted molar refractivity (Wildman–Crippen MR) is 75.7 cm³/mol. The van der Waals surface area contributed by atoms with Gasteiger partial charge in [-0.1, -0.05) is 6.42 Å². The molecule has 1 fully saturated rings. The van der Waals surface area contributed by atoms with Crippen LogP contribution >= 0.6 is 15.9 Å². The number of halogens is 1. The minimum atomic E-state index is -0.175. The Balaban J connectivity index is 1.98. The number of hydrogen-bond donors (Lipinski definition) is 3. The predicted octanol–water partition coefficient (Wildman–Crippen LogP) is 2.24. The number of aliphatic hydroxyl groups is 1. The molecule has 0 radical (unpaired) electrons. The van der Waals surface area contributed by atoms with Crippen LogP contribution in [0.2, 0.25) is 0 Å². The van der Waals surface area contributed by atoms with Crippen LogP contribution in [0.5, 0.6) is 0 Å². The lowest BCUT2D eigenvalue weighted by atomic mass is 10.1. The lowest BCUT2D eigenvalue weighted by molar-refractivity contribution is 0.138. The number of nitrogens with zero attached hydrogens (tertiary/aromatic N) is 2. The molecule has 0 bridgehead atoms. The lowest BCUT2D eigenvalue weighted by Gasteiger charge is -2.16. The molecule has 100 valence electrons. The quantitative estimate of drug-likeness (QED) is 0.777. The Kier molecular flexibility index (Phi) is 4.77. The normalized spacial score (nSPS) is 23.1. The van der Waals surface area contributed by atoms with E-state index >= 15 is 0 Å². The summed E-state index contributed by atoms with van der Waals surface area (Å²) in [6, 6.07) is 0. The van der Waals surface area contributed by atoms with Gasteiger partial charge in [0, 0.05) is 19.0 Å². The van der Waals surface area contributed by atoms with E-state index < -0.39 is 0 Å². The highest BCUT2D eigenvalue weighted by Gasteiger charge is 2.25. The Hall–Kier alpha value is -0.880. The molecular weight excluding hydrogens is 296 g/mol. The molecule has 1 aliphatic rings. The van der Waals surface area contributed by atoms with Gasteiger partial charge in [0.15, 0.2) is 0 Å². The molecule has 5 nitrogen and oxygen atoms in total. The summed E-state index contributed by atoms with van der Waals surface area (Å²) in [4.78, 5) is 8.38. The molecule has 1 aliphatic carbocycles. The molecule has 0 aromatic carbocycles. The van der Waals surface area contributed by atoms with Gasteiger partial charge in [-0.25, -0.2) is 9.97 Å². The van der Waals surface area contributed by atoms with Gasteiger partial charge in [0.2, 0.25) is 0 Å². The fourth-order valence-corrected chi connectivity index (χ4v) is 2.75. The van der Waals surface area contributed by atoms with E-state index in [0.29, 0.717) is 5.92 Å². The Morgan fingerprint density at radius 1 is 1.33 bits per heavy atom. The number of aliphatic hydroxyl groups excluding tert-OH is 1. The summed E-state index contributed by atoms with van der Waals surface area (Å²) in [6.07, 6.45) is 4.47. The van der Waals surface area contributed by atoms with Crippen LogP contribution in [0.3, 0.4) is 0 Å². The van der Waals surface area contributed by atoms with Crippen molar-refractivity contribution in [3.8, 4) is 0 Å². The lowest BCUT2D eigenvalue weighted by Crippen LogP contribution is -2.22. The monoisotopic (exact) mass is 314 g/mol. The molecule has 0 aliphatic heterocycles. The van der Waals surface area contributed by atoms with Crippen molar-refractivity contribution in [1.82, 2.24) is 9.97 Å². The fraction of sp³-hybridized carbons (Fsp3) is 0.667. The third kappa shape index (κ3) is 3.11. The molecule has 0 spiro atoms. The Morgan fingerprint density at radius 2 is 2.06 bits per heavy atom. The Labute approximate surface area is 116 Å². The van der Waals surface area contributed by atoms with E-state index in [1.807, 2.05) is 6.92 Å². The Morgan fingerprint density at radius 3 is 2.67 bits per heavy atom. The van der Waals surface area contributed by atoms with E-state index in [-0.39, 0.29) is 6.10 Å². The fourth-order valence-electron chi connectivity index (χ4n) is 2.27. The van der Waals surface area contributed by atoms with Crippen molar-refractivity contribution < 1.29 is 5.11 Å². The standard InChI is InChI=1S/C12H19BrN4O/c1-2-14-11-10(13)12(17-7-16-11)15-6-8-4-3-5-9(8)18/h7-9,18H,2-6H2,1H3,(H2,14,15,16,17). The average Bonchev–Trinajstić information content (AvgIpc) is 2.76. The average molecular weight is 315 g/mol. The van der Waals surface area contributed by atoms with Gasteiger partial charge in [0.05, 0.1) is 6.10 Å². The molecule has 1 aromatic heterocycles. The van der Waals surface area contributed by atoms with Gasteiger partial charge in [-0.2, -0.15) is 0 Å². The van der Waals surface area contributed by atoms with E-state index in [1.54, 1.807) is 0 Å². The van der Waals surface area contributed by atoms with Crippen LogP contribution in [0.1, 0.15) is 26.2 Å². The largest absolute Gasteiger partial charge is 0.393 e. The molecule has 18 heavy (non-hydrogen) atoms. The molecule has 0 amide bonds. The second-order valence-corrected chi connectivity index (χ2v) is 5.35. The zero-order valence-electron chi connectivity index (χ0n) is 10.5. The van der Waals surface area contributed by atoms with Crippen LogP contribution in [0.15, 0.2) is 10.8 Å². The molecule has 1 aromatic rings. The maximum atomic E-state index is 9.78. The van der Waals surface area contributed by atoms with Gasteiger partial charge >= 0.3 is 0 Å². The summed E-state index contributed by atoms with van der Waals surface area (Å²) in [5.74, 6) is 1.90. The van der Waals surface area contributed by atoms with Gasteiger partial charge in [-0.15, -0.1) is 0 Å². The molecule has 2 atom stereocenters. The molecule has 0 saturated heterocycles. The summed E-state index contributed by atoms with van der Waals surface area (Å²) < 4.78 is 0.847. The third-order valence-corrected chi connectivity index (χ3v) is 4.04. The summed E-state index contributed by atoms with van der Waals surface area (Å²) in [6.45, 7) is 3.59. The van der Waals surface area contributed by atoms with Crippen LogP contribution in [0, 0.1) is 5.92 Å². The first-order chi connectivity index (χ1) is 8.72. The Bertz CT molecular complexity index is 402. The number of aromatic nitrogens is 2. The second kappa shape index (κ2) is 6.33. The highest BCUT2D eigenvalue weighted by atomic mass is 79.9. The third-order valence-electron chi connectivity index (χ3n) is 3.28. The van der Waals surface area contributed by atoms with Crippen molar-refractivity contribution in [2.45, 2.75) is 32.3 Å². The SMILES string of the molecule is CCNc1ncnc(NCC2CCCC2O)c1Br. The van der Waals surface area contributed by atoms with Crippen molar-refractivity contribution in [3.05, 3.63) is 10.8 Å². The first-order valence-corrected chi connectivity index (χ1v) is 7.18. The highest BCUT2D eigenvalue weighted by molar-refractivity contribution is 9.10. The molecule has 2 unspecified atom stereocenters. The van der Waals surface area contributed by atoms with E-state index in [0.717, 1.165) is 48.5 Å². The summed E-state index contributed by atoms with van der Waals surface area (Å²) in [5.41, 5.74) is 0. The molecular formula is C12H19BrN4O. The van der Waals surface area contributed by atoms with E-state index in [4.69, 9.17) is 0 Å². The number of nitrogens with one attached hydrogen (secondary N) is 2. The minimum absolute atomic E-state index is 0.175. The summed E-state index contributed by atoms with van der Waals surface area (Å²) >= 11 is 3.49. The second-order valence-electron chi connectivity index (χ2n) is 4.55. The molecule has 1 saturated carbocycles. The van der Waals surface area contributed by atoms with Crippen molar-refractivity contribution in [1.29, 1.82) is 0 Å². The van der Waals surface area contributed by atoms with E-state index in [9.17, 15) is 5.11 Å². The minimum Gasteiger partial charge on any atom is -0.393 e. The smallest absolute Gasteiger partial charge is 0.145 e. The number of anilines is 2. The van der Waals surface area contributed by atoms with Crippen molar-refractivity contribution in [2.24, 2.45) is 5.92 Å². The first-order valence-electron chi connectivity index (χ1n) is 6.38. The zero-order chi connectivity index (χ0) is 13.0. The van der Waals surface area contributed by atoms with E-state index in [2.05, 4.69) is 36.5 Å². The molecule has 3 N–H and O–H groups in total. The molecule has 6 heteroatoms. The van der Waals surface area contributed by atoms with Crippen LogP contribution in [-0.2, 0) is 0 Å².